The van der Waals surface area contributed by atoms with Crippen molar-refractivity contribution in [3.05, 3.63) is 53.6 Å². The van der Waals surface area contributed by atoms with E-state index in [4.69, 9.17) is 19.9 Å². The van der Waals surface area contributed by atoms with Crippen LogP contribution in [0, 0.1) is 0 Å². The van der Waals surface area contributed by atoms with Gasteiger partial charge in [0.1, 0.15) is 11.9 Å². The van der Waals surface area contributed by atoms with Crippen LogP contribution < -0.4 is 19.9 Å². The Bertz CT molecular complexity index is 642. The van der Waals surface area contributed by atoms with Gasteiger partial charge in [-0.1, -0.05) is 24.3 Å². The summed E-state index contributed by atoms with van der Waals surface area (Å²) in [5, 5.41) is 0. The average Bonchev–Trinajstić information content (AvgIpc) is 2.54. The third kappa shape index (κ3) is 2.54. The molecule has 2 aromatic rings. The van der Waals surface area contributed by atoms with Crippen LogP contribution in [0.2, 0.25) is 0 Å². The minimum Gasteiger partial charge on any atom is -0.493 e. The Labute approximate surface area is 124 Å². The number of nitrogens with two attached hydrogens (primary N) is 1. The molecule has 110 valence electrons. The average molecular weight is 285 g/mol. The van der Waals surface area contributed by atoms with E-state index < -0.39 is 0 Å². The molecule has 2 atom stereocenters. The lowest BCUT2D eigenvalue weighted by Gasteiger charge is -2.30. The van der Waals surface area contributed by atoms with Crippen molar-refractivity contribution >= 4 is 0 Å². The predicted octanol–water partition coefficient (Wildman–Crippen LogP) is 3.23. The first-order valence-electron chi connectivity index (χ1n) is 6.96. The molecule has 2 N–H and O–H groups in total. The second kappa shape index (κ2) is 5.66. The highest BCUT2D eigenvalue weighted by Gasteiger charge is 2.27. The molecule has 0 aliphatic carbocycles. The number of benzene rings is 2. The third-order valence-electron chi connectivity index (χ3n) is 3.84. The first-order valence-corrected chi connectivity index (χ1v) is 6.96. The highest BCUT2D eigenvalue weighted by atomic mass is 16.5. The molecule has 2 unspecified atom stereocenters. The van der Waals surface area contributed by atoms with Crippen molar-refractivity contribution in [1.82, 2.24) is 0 Å². The van der Waals surface area contributed by atoms with Gasteiger partial charge in [0.15, 0.2) is 11.5 Å². The van der Waals surface area contributed by atoms with E-state index in [0.29, 0.717) is 11.5 Å². The summed E-state index contributed by atoms with van der Waals surface area (Å²) in [7, 11) is 3.26. The van der Waals surface area contributed by atoms with Crippen LogP contribution >= 0.6 is 0 Å². The van der Waals surface area contributed by atoms with Crippen LogP contribution in [-0.2, 0) is 0 Å². The first-order chi connectivity index (χ1) is 10.2. The fraction of sp³-hybridized carbons (Fsp3) is 0.294. The van der Waals surface area contributed by atoms with Crippen molar-refractivity contribution in [2.75, 3.05) is 14.2 Å². The van der Waals surface area contributed by atoms with E-state index in [1.807, 2.05) is 42.5 Å². The fourth-order valence-corrected chi connectivity index (χ4v) is 2.71. The van der Waals surface area contributed by atoms with Gasteiger partial charge < -0.3 is 19.9 Å². The second-order valence-corrected chi connectivity index (χ2v) is 5.10. The van der Waals surface area contributed by atoms with Gasteiger partial charge in [-0.15, -0.1) is 0 Å². The molecule has 4 heteroatoms. The van der Waals surface area contributed by atoms with Crippen molar-refractivity contribution in [1.29, 1.82) is 0 Å². The van der Waals surface area contributed by atoms with Crippen LogP contribution in [0.4, 0.5) is 0 Å². The molecule has 4 nitrogen and oxygen atoms in total. The zero-order chi connectivity index (χ0) is 14.8. The van der Waals surface area contributed by atoms with E-state index >= 15 is 0 Å². The van der Waals surface area contributed by atoms with Crippen LogP contribution in [0.5, 0.6) is 17.2 Å². The molecule has 0 amide bonds. The standard InChI is InChI=1S/C17H19NO3/c1-19-15-8-7-11(9-17(15)20-2)16-10-13(18)12-5-3-4-6-14(12)21-16/h3-9,13,16H,10,18H2,1-2H3. The minimum absolute atomic E-state index is 0.0203. The molecule has 3 rings (SSSR count). The molecular formula is C17H19NO3. The summed E-state index contributed by atoms with van der Waals surface area (Å²) in [6.45, 7) is 0. The fourth-order valence-electron chi connectivity index (χ4n) is 2.71. The lowest BCUT2D eigenvalue weighted by molar-refractivity contribution is 0.161. The predicted molar refractivity (Wildman–Crippen MR) is 80.9 cm³/mol. The Balaban J connectivity index is 1.92. The monoisotopic (exact) mass is 285 g/mol. The number of hydrogen-bond acceptors (Lipinski definition) is 4. The van der Waals surface area contributed by atoms with Crippen molar-refractivity contribution in [3.8, 4) is 17.2 Å². The van der Waals surface area contributed by atoms with Gasteiger partial charge in [0, 0.05) is 18.0 Å². The van der Waals surface area contributed by atoms with Crippen LogP contribution in [0.3, 0.4) is 0 Å². The van der Waals surface area contributed by atoms with Crippen LogP contribution in [0.25, 0.3) is 0 Å². The maximum absolute atomic E-state index is 6.26. The number of hydrogen-bond donors (Lipinski definition) is 1. The number of para-hydroxylation sites is 1. The van der Waals surface area contributed by atoms with E-state index in [1.54, 1.807) is 14.2 Å². The Kier molecular flexibility index (Phi) is 3.71. The summed E-state index contributed by atoms with van der Waals surface area (Å²) < 4.78 is 16.7. The Morgan fingerprint density at radius 1 is 1.05 bits per heavy atom. The molecule has 0 spiro atoms. The summed E-state index contributed by atoms with van der Waals surface area (Å²) in [6, 6.07) is 13.7. The van der Waals surface area contributed by atoms with Gasteiger partial charge >= 0.3 is 0 Å². The first kappa shape index (κ1) is 13.8. The maximum atomic E-state index is 6.26. The zero-order valence-corrected chi connectivity index (χ0v) is 12.2. The number of methoxy groups -OCH3 is 2. The van der Waals surface area contributed by atoms with Crippen molar-refractivity contribution in [2.24, 2.45) is 5.73 Å². The summed E-state index contributed by atoms with van der Waals surface area (Å²) in [6.07, 6.45) is 0.668. The molecule has 0 saturated carbocycles. The smallest absolute Gasteiger partial charge is 0.161 e. The topological polar surface area (TPSA) is 53.7 Å². The second-order valence-electron chi connectivity index (χ2n) is 5.10. The Morgan fingerprint density at radius 2 is 1.81 bits per heavy atom. The lowest BCUT2D eigenvalue weighted by atomic mass is 9.93. The highest BCUT2D eigenvalue weighted by molar-refractivity contribution is 5.45. The molecule has 1 heterocycles. The summed E-state index contributed by atoms with van der Waals surface area (Å²) >= 11 is 0. The van der Waals surface area contributed by atoms with E-state index in [2.05, 4.69) is 0 Å². The van der Waals surface area contributed by atoms with E-state index in [9.17, 15) is 0 Å². The number of rotatable bonds is 3. The molecule has 0 fully saturated rings. The lowest BCUT2D eigenvalue weighted by Crippen LogP contribution is -2.24. The van der Waals surface area contributed by atoms with Gasteiger partial charge in [0.05, 0.1) is 14.2 Å². The maximum Gasteiger partial charge on any atom is 0.161 e. The van der Waals surface area contributed by atoms with E-state index in [-0.39, 0.29) is 12.1 Å². The van der Waals surface area contributed by atoms with Crippen molar-refractivity contribution in [3.63, 3.8) is 0 Å². The van der Waals surface area contributed by atoms with Crippen LogP contribution in [0.15, 0.2) is 42.5 Å². The van der Waals surface area contributed by atoms with Crippen molar-refractivity contribution < 1.29 is 14.2 Å². The molecule has 21 heavy (non-hydrogen) atoms. The van der Waals surface area contributed by atoms with Gasteiger partial charge in [-0.3, -0.25) is 0 Å². The SMILES string of the molecule is COc1ccc(C2CC(N)c3ccccc3O2)cc1OC. The number of ether oxygens (including phenoxy) is 3. The summed E-state index contributed by atoms with van der Waals surface area (Å²) in [5.74, 6) is 2.27. The molecule has 2 aromatic carbocycles. The minimum atomic E-state index is -0.0743. The zero-order valence-electron chi connectivity index (χ0n) is 12.2. The largest absolute Gasteiger partial charge is 0.493 e. The van der Waals surface area contributed by atoms with Gasteiger partial charge in [0.2, 0.25) is 0 Å². The quantitative estimate of drug-likeness (QED) is 0.940. The molecule has 0 aromatic heterocycles. The molecule has 0 radical (unpaired) electrons. The van der Waals surface area contributed by atoms with Gasteiger partial charge in [-0.05, 0) is 23.8 Å². The molecule has 1 aliphatic heterocycles. The molecule has 1 aliphatic rings. The van der Waals surface area contributed by atoms with Gasteiger partial charge in [-0.25, -0.2) is 0 Å². The van der Waals surface area contributed by atoms with E-state index in [1.165, 1.54) is 0 Å². The summed E-state index contributed by atoms with van der Waals surface area (Å²) in [4.78, 5) is 0. The van der Waals surface area contributed by atoms with E-state index in [0.717, 1.165) is 23.3 Å². The molecule has 0 saturated heterocycles. The van der Waals surface area contributed by atoms with Crippen LogP contribution in [0.1, 0.15) is 29.7 Å². The third-order valence-corrected chi connectivity index (χ3v) is 3.84. The highest BCUT2D eigenvalue weighted by Crippen LogP contribution is 2.41. The normalized spacial score (nSPS) is 20.3. The van der Waals surface area contributed by atoms with Crippen molar-refractivity contribution in [2.45, 2.75) is 18.6 Å². The Hall–Kier alpha value is -2.20. The van der Waals surface area contributed by atoms with Crippen LogP contribution in [-0.4, -0.2) is 14.2 Å². The van der Waals surface area contributed by atoms with Gasteiger partial charge in [-0.2, -0.15) is 0 Å². The Morgan fingerprint density at radius 3 is 2.57 bits per heavy atom. The molecular weight excluding hydrogens is 266 g/mol. The summed E-state index contributed by atoms with van der Waals surface area (Å²) in [5.41, 5.74) is 8.37. The van der Waals surface area contributed by atoms with Gasteiger partial charge in [0.25, 0.3) is 0 Å². The molecule has 0 bridgehead atoms. The number of fused-ring (bicyclic) bond motifs is 1.